The van der Waals surface area contributed by atoms with Crippen LogP contribution in [0.3, 0.4) is 0 Å². The second kappa shape index (κ2) is 7.15. The highest BCUT2D eigenvalue weighted by Crippen LogP contribution is 3.02. The van der Waals surface area contributed by atoms with Crippen LogP contribution in [0, 0.1) is 17.0 Å². The molecule has 0 radical (unpaired) electrons. The molecule has 0 aliphatic carbocycles. The zero-order valence-electron chi connectivity index (χ0n) is 13.6. The number of aryl methyl sites for hydroxylation is 1. The monoisotopic (exact) mass is 425 g/mol. The van der Waals surface area contributed by atoms with Gasteiger partial charge in [-0.05, 0) is 24.6 Å². The van der Waals surface area contributed by atoms with Crippen LogP contribution in [0.5, 0.6) is 0 Å². The molecule has 27 heavy (non-hydrogen) atoms. The molecule has 0 heterocycles. The van der Waals surface area contributed by atoms with Crippen LogP contribution in [0.25, 0.3) is 5.03 Å². The van der Waals surface area contributed by atoms with Gasteiger partial charge in [0.05, 0.1) is 20.3 Å². The summed E-state index contributed by atoms with van der Waals surface area (Å²) in [5.41, 5.74) is -0.809. The molecule has 0 bridgehead atoms. The summed E-state index contributed by atoms with van der Waals surface area (Å²) < 4.78 is 57.7. The second-order valence-electron chi connectivity index (χ2n) is 5.25. The van der Waals surface area contributed by atoms with E-state index >= 15 is 0 Å². The van der Waals surface area contributed by atoms with Gasteiger partial charge in [-0.2, -0.15) is 9.59 Å². The number of hydrogen-bond acceptors (Lipinski definition) is 4. The van der Waals surface area contributed by atoms with E-state index in [2.05, 4.69) is 0 Å². The van der Waals surface area contributed by atoms with E-state index in [1.807, 2.05) is 0 Å². The predicted molar refractivity (Wildman–Crippen MR) is 93.4 cm³/mol. The number of nitro benzene ring substituents is 1. The average Bonchev–Trinajstić information content (AvgIpc) is 2.54. The first-order chi connectivity index (χ1) is 12.2. The molecule has 5 nitrogen and oxygen atoms in total. The Morgan fingerprint density at radius 2 is 1.63 bits per heavy atom. The van der Waals surface area contributed by atoms with Crippen molar-refractivity contribution in [3.05, 3.63) is 75.2 Å². The number of halogens is 5. The fourth-order valence-electron chi connectivity index (χ4n) is 2.04. The molecule has 0 N–H and O–H groups in total. The predicted octanol–water partition coefficient (Wildman–Crippen LogP) is 6.33. The van der Waals surface area contributed by atoms with Gasteiger partial charge >= 0.3 is 6.15 Å². The number of hydrogen-bond donors (Lipinski definition) is 0. The van der Waals surface area contributed by atoms with Crippen LogP contribution >= 0.6 is 21.4 Å². The first-order valence-electron chi connectivity index (χ1n) is 6.93. The lowest BCUT2D eigenvalue weighted by Gasteiger charge is -2.47. The quantitative estimate of drug-likeness (QED) is 0.326. The van der Waals surface area contributed by atoms with Gasteiger partial charge in [0.25, 0.3) is 5.69 Å². The largest absolute Gasteiger partial charge is 0.373 e. The topological polar surface area (TPSA) is 77.3 Å². The molecule has 0 amide bonds. The van der Waals surface area contributed by atoms with Gasteiger partial charge in [0.1, 0.15) is 0 Å². The van der Waals surface area contributed by atoms with Crippen molar-refractivity contribution in [3.63, 3.8) is 0 Å². The molecule has 2 aromatic carbocycles. The highest BCUT2D eigenvalue weighted by molar-refractivity contribution is 8.52. The van der Waals surface area contributed by atoms with Gasteiger partial charge in [-0.1, -0.05) is 41.9 Å². The lowest BCUT2D eigenvalue weighted by atomic mass is 10.2. The molecule has 2 rings (SSSR count). The van der Waals surface area contributed by atoms with Gasteiger partial charge in [0.15, 0.2) is 0 Å². The Labute approximate surface area is 155 Å². The molecule has 0 saturated heterocycles. The van der Waals surface area contributed by atoms with Gasteiger partial charge in [0.2, 0.25) is 9.84 Å². The third kappa shape index (κ3) is 5.65. The standard InChI is InChI=1S/C15H12ClF4NO2S.CO2/c1-11-9-13(7-8-15(11)21(22)23)24(17,18,19,20)10-14(16)12-5-3-2-4-6-12;2-1-3/h2-10H,1H3;/b14-10+;. The Morgan fingerprint density at radius 1 is 1.11 bits per heavy atom. The van der Waals surface area contributed by atoms with Gasteiger partial charge in [-0.15, -0.1) is 15.5 Å². The lowest BCUT2D eigenvalue weighted by Crippen LogP contribution is -2.11. The molecular weight excluding hydrogens is 414 g/mol. The number of rotatable bonds is 4. The van der Waals surface area contributed by atoms with E-state index in [1.54, 1.807) is 6.07 Å². The van der Waals surface area contributed by atoms with E-state index < -0.39 is 35.8 Å². The van der Waals surface area contributed by atoms with Crippen LogP contribution < -0.4 is 0 Å². The number of benzene rings is 2. The van der Waals surface area contributed by atoms with E-state index in [-0.39, 0.29) is 17.3 Å². The molecule has 146 valence electrons. The van der Waals surface area contributed by atoms with Crippen LogP contribution in [0.2, 0.25) is 0 Å². The van der Waals surface area contributed by atoms with E-state index in [4.69, 9.17) is 21.2 Å². The van der Waals surface area contributed by atoms with Crippen molar-refractivity contribution in [1.82, 2.24) is 0 Å². The maximum Gasteiger partial charge on any atom is 0.373 e. The van der Waals surface area contributed by atoms with E-state index in [9.17, 15) is 25.7 Å². The fourth-order valence-corrected chi connectivity index (χ4v) is 4.17. The summed E-state index contributed by atoms with van der Waals surface area (Å²) in [7, 11) is -8.87. The Balaban J connectivity index is 0.00000114. The summed E-state index contributed by atoms with van der Waals surface area (Å²) >= 11 is 5.66. The molecule has 0 saturated carbocycles. The van der Waals surface area contributed by atoms with Crippen molar-refractivity contribution in [3.8, 4) is 0 Å². The van der Waals surface area contributed by atoms with Crippen LogP contribution in [-0.2, 0) is 9.59 Å². The first-order valence-corrected chi connectivity index (χ1v) is 9.42. The van der Waals surface area contributed by atoms with Crippen LogP contribution in [0.15, 0.2) is 58.8 Å². The molecule has 2 aromatic rings. The minimum absolute atomic E-state index is 0.00778. The molecule has 0 aromatic heterocycles. The average molecular weight is 426 g/mol. The number of nitro groups is 1. The molecule has 0 aliphatic rings. The lowest BCUT2D eigenvalue weighted by molar-refractivity contribution is -0.385. The Kier molecular flexibility index (Phi) is 5.92. The van der Waals surface area contributed by atoms with Crippen molar-refractivity contribution < 1.29 is 30.1 Å². The Hall–Kier alpha value is -2.68. The van der Waals surface area contributed by atoms with Crippen molar-refractivity contribution in [2.45, 2.75) is 11.8 Å². The minimum atomic E-state index is -8.87. The maximum atomic E-state index is 14.4. The van der Waals surface area contributed by atoms with Crippen molar-refractivity contribution in [2.75, 3.05) is 0 Å². The highest BCUT2D eigenvalue weighted by Gasteiger charge is 2.63. The number of carbonyl (C=O) groups excluding carboxylic acids is 2. The van der Waals surface area contributed by atoms with E-state index in [0.717, 1.165) is 6.92 Å². The van der Waals surface area contributed by atoms with Crippen LogP contribution in [-0.4, -0.2) is 11.1 Å². The van der Waals surface area contributed by atoms with Crippen LogP contribution in [0.1, 0.15) is 11.1 Å². The van der Waals surface area contributed by atoms with E-state index in [1.165, 1.54) is 24.3 Å². The Bertz CT molecular complexity index is 939. The fraction of sp³-hybridized carbons (Fsp3) is 0.0625. The zero-order chi connectivity index (χ0) is 20.9. The normalized spacial score (nSPS) is 14.1. The zero-order valence-corrected chi connectivity index (χ0v) is 15.1. The summed E-state index contributed by atoms with van der Waals surface area (Å²) in [4.78, 5) is 24.5. The second-order valence-corrected chi connectivity index (χ2v) is 8.63. The molecule has 0 unspecified atom stereocenters. The third-order valence-electron chi connectivity index (χ3n) is 3.25. The van der Waals surface area contributed by atoms with Crippen LogP contribution in [0.4, 0.5) is 21.2 Å². The van der Waals surface area contributed by atoms with Gasteiger partial charge in [-0.25, -0.2) is 0 Å². The van der Waals surface area contributed by atoms with Gasteiger partial charge < -0.3 is 0 Å². The van der Waals surface area contributed by atoms with Crippen molar-refractivity contribution in [2.24, 2.45) is 0 Å². The molecule has 0 fully saturated rings. The number of nitrogens with zero attached hydrogens (tertiary/aromatic N) is 1. The SMILES string of the molecule is Cc1cc(S(F)(F)(F)(F)/C=C(/Cl)c2ccccc2)ccc1[N+](=O)[O-].O=C=O. The summed E-state index contributed by atoms with van der Waals surface area (Å²) in [5.74, 6) is 0. The summed E-state index contributed by atoms with van der Waals surface area (Å²) in [6.07, 6.45) is 0.250. The Morgan fingerprint density at radius 3 is 2.07 bits per heavy atom. The van der Waals surface area contributed by atoms with Crippen molar-refractivity contribution >= 4 is 38.3 Å². The summed E-state index contributed by atoms with van der Waals surface area (Å²) in [6, 6.07) is 8.56. The van der Waals surface area contributed by atoms with Gasteiger partial charge in [0, 0.05) is 11.6 Å². The van der Waals surface area contributed by atoms with Gasteiger partial charge in [-0.3, -0.25) is 10.1 Å². The first kappa shape index (κ1) is 22.4. The summed E-state index contributed by atoms with van der Waals surface area (Å²) in [5, 5.41) is 9.38. The third-order valence-corrected chi connectivity index (χ3v) is 5.65. The van der Waals surface area contributed by atoms with E-state index in [0.29, 0.717) is 18.2 Å². The summed E-state index contributed by atoms with van der Waals surface area (Å²) in [6.45, 7) is 1.11. The molecule has 0 spiro atoms. The smallest absolute Gasteiger partial charge is 0.258 e. The van der Waals surface area contributed by atoms with Crippen molar-refractivity contribution in [1.29, 1.82) is 0 Å². The molecule has 11 heteroatoms. The minimum Gasteiger partial charge on any atom is -0.258 e. The molecule has 0 aliphatic heterocycles. The molecule has 0 atom stereocenters. The highest BCUT2D eigenvalue weighted by atomic mass is 35.5. The molecular formula is C16H12ClF4NO4S. The maximum absolute atomic E-state index is 14.4.